The zero-order valence-electron chi connectivity index (χ0n) is 11.2. The Bertz CT molecular complexity index is 528. The molecule has 1 aliphatic rings. The molecule has 0 radical (unpaired) electrons. The molecule has 1 aromatic rings. The quantitative estimate of drug-likeness (QED) is 0.884. The van der Waals surface area contributed by atoms with Crippen LogP contribution in [-0.4, -0.2) is 23.8 Å². The number of alkyl halides is 2. The number of nitrogens with one attached hydrogen (secondary N) is 2. The van der Waals surface area contributed by atoms with E-state index in [2.05, 4.69) is 10.6 Å². The predicted octanol–water partition coefficient (Wildman–Crippen LogP) is 1.56. The molecular formula is C14H16F2N2O2. The molecule has 2 rings (SSSR count). The van der Waals surface area contributed by atoms with Crippen LogP contribution in [0, 0.1) is 0 Å². The molecule has 6 heteroatoms. The topological polar surface area (TPSA) is 58.2 Å². The van der Waals surface area contributed by atoms with E-state index in [1.54, 1.807) is 31.2 Å². The van der Waals surface area contributed by atoms with Crippen LogP contribution < -0.4 is 10.6 Å². The summed E-state index contributed by atoms with van der Waals surface area (Å²) in [5.41, 5.74) is -0.130. The van der Waals surface area contributed by atoms with E-state index in [1.807, 2.05) is 6.07 Å². The summed E-state index contributed by atoms with van der Waals surface area (Å²) >= 11 is 0. The molecule has 1 heterocycles. The van der Waals surface area contributed by atoms with Crippen LogP contribution in [-0.2, 0) is 15.1 Å². The molecular weight excluding hydrogens is 266 g/mol. The van der Waals surface area contributed by atoms with Crippen LogP contribution in [0.4, 0.5) is 8.78 Å². The lowest BCUT2D eigenvalue weighted by Crippen LogP contribution is -2.53. The minimum atomic E-state index is -3.47. The van der Waals surface area contributed by atoms with Crippen molar-refractivity contribution in [2.45, 2.75) is 37.8 Å². The normalized spacial score (nSPS) is 26.2. The number of rotatable bonds is 3. The lowest BCUT2D eigenvalue weighted by molar-refractivity contribution is -0.144. The van der Waals surface area contributed by atoms with Gasteiger partial charge in [0, 0.05) is 13.3 Å². The maximum absolute atomic E-state index is 13.0. The molecule has 1 unspecified atom stereocenters. The summed E-state index contributed by atoms with van der Waals surface area (Å²) < 4.78 is 26.0. The number of carbonyl (C=O) groups is 2. The Morgan fingerprint density at radius 3 is 2.55 bits per heavy atom. The summed E-state index contributed by atoms with van der Waals surface area (Å²) in [4.78, 5) is 23.1. The molecule has 0 aliphatic carbocycles. The minimum Gasteiger partial charge on any atom is -0.345 e. The molecule has 1 fully saturated rings. The van der Waals surface area contributed by atoms with Gasteiger partial charge in [-0.15, -0.1) is 0 Å². The van der Waals surface area contributed by atoms with Crippen molar-refractivity contribution in [3.8, 4) is 0 Å². The van der Waals surface area contributed by atoms with Crippen molar-refractivity contribution in [2.24, 2.45) is 0 Å². The average molecular weight is 282 g/mol. The smallest absolute Gasteiger partial charge is 0.321 e. The van der Waals surface area contributed by atoms with Gasteiger partial charge in [-0.1, -0.05) is 30.3 Å². The van der Waals surface area contributed by atoms with Gasteiger partial charge in [0.2, 0.25) is 5.91 Å². The average Bonchev–Trinajstić information content (AvgIpc) is 2.65. The van der Waals surface area contributed by atoms with E-state index in [0.29, 0.717) is 6.92 Å². The van der Waals surface area contributed by atoms with Crippen molar-refractivity contribution in [3.05, 3.63) is 35.9 Å². The van der Waals surface area contributed by atoms with Gasteiger partial charge in [0.25, 0.3) is 5.91 Å². The third-order valence-electron chi connectivity index (χ3n) is 3.56. The molecule has 2 amide bonds. The van der Waals surface area contributed by atoms with Gasteiger partial charge >= 0.3 is 5.92 Å². The maximum Gasteiger partial charge on any atom is 0.321 e. The first-order chi connectivity index (χ1) is 9.23. The van der Waals surface area contributed by atoms with Gasteiger partial charge in [0.1, 0.15) is 0 Å². The summed E-state index contributed by atoms with van der Waals surface area (Å²) in [7, 11) is 0. The molecule has 0 bridgehead atoms. The van der Waals surface area contributed by atoms with Gasteiger partial charge in [-0.25, -0.2) is 0 Å². The zero-order chi connectivity index (χ0) is 15.0. The van der Waals surface area contributed by atoms with Crippen LogP contribution in [0.2, 0.25) is 0 Å². The second kappa shape index (κ2) is 4.85. The minimum absolute atomic E-state index is 0.0206. The number of carbonyl (C=O) groups excluding carboxylic acids is 2. The van der Waals surface area contributed by atoms with Crippen molar-refractivity contribution in [1.82, 2.24) is 10.6 Å². The van der Waals surface area contributed by atoms with E-state index < -0.39 is 23.4 Å². The maximum atomic E-state index is 13.0. The summed E-state index contributed by atoms with van der Waals surface area (Å²) in [5.74, 6) is -5.12. The molecule has 1 saturated heterocycles. The van der Waals surface area contributed by atoms with Crippen LogP contribution in [0.5, 0.6) is 0 Å². The first-order valence-electron chi connectivity index (χ1n) is 6.29. The molecule has 1 aromatic carbocycles. The monoisotopic (exact) mass is 282 g/mol. The van der Waals surface area contributed by atoms with Gasteiger partial charge in [-0.05, 0) is 12.5 Å². The van der Waals surface area contributed by atoms with E-state index in [0.717, 1.165) is 5.56 Å². The molecule has 2 atom stereocenters. The largest absolute Gasteiger partial charge is 0.345 e. The van der Waals surface area contributed by atoms with Crippen molar-refractivity contribution >= 4 is 11.8 Å². The highest BCUT2D eigenvalue weighted by Crippen LogP contribution is 2.31. The Balaban J connectivity index is 2.27. The molecule has 1 aliphatic heterocycles. The van der Waals surface area contributed by atoms with Gasteiger partial charge in [0.05, 0.1) is 11.6 Å². The lowest BCUT2D eigenvalue weighted by atomic mass is 9.86. The fourth-order valence-electron chi connectivity index (χ4n) is 2.36. The number of hydrogen-bond donors (Lipinski definition) is 2. The fraction of sp³-hybridized carbons (Fsp3) is 0.429. The van der Waals surface area contributed by atoms with Gasteiger partial charge in [0.15, 0.2) is 0 Å². The third kappa shape index (κ3) is 2.64. The van der Waals surface area contributed by atoms with E-state index in [1.165, 1.54) is 0 Å². The van der Waals surface area contributed by atoms with Gasteiger partial charge < -0.3 is 10.6 Å². The van der Waals surface area contributed by atoms with E-state index in [-0.39, 0.29) is 12.3 Å². The summed E-state index contributed by atoms with van der Waals surface area (Å²) in [6.07, 6.45) is -0.0206. The molecule has 20 heavy (non-hydrogen) atoms. The van der Waals surface area contributed by atoms with E-state index in [4.69, 9.17) is 0 Å². The Morgan fingerprint density at radius 2 is 2.00 bits per heavy atom. The first kappa shape index (κ1) is 14.4. The Labute approximate surface area is 115 Å². The number of benzene rings is 1. The van der Waals surface area contributed by atoms with Crippen molar-refractivity contribution < 1.29 is 18.4 Å². The van der Waals surface area contributed by atoms with Crippen LogP contribution >= 0.6 is 0 Å². The molecule has 108 valence electrons. The van der Waals surface area contributed by atoms with E-state index >= 15 is 0 Å². The zero-order valence-corrected chi connectivity index (χ0v) is 11.2. The SMILES string of the molecule is CC(F)(F)C(=O)NC1CC(=O)N[C@]1(C)c1ccccc1. The van der Waals surface area contributed by atoms with Crippen LogP contribution in [0.1, 0.15) is 25.8 Å². The Morgan fingerprint density at radius 1 is 1.40 bits per heavy atom. The Kier molecular flexibility index (Phi) is 3.50. The molecule has 0 saturated carbocycles. The number of halogens is 2. The summed E-state index contributed by atoms with van der Waals surface area (Å²) in [6, 6.07) is 8.26. The van der Waals surface area contributed by atoms with Crippen molar-refractivity contribution in [2.75, 3.05) is 0 Å². The highest BCUT2D eigenvalue weighted by molar-refractivity contribution is 5.86. The highest BCUT2D eigenvalue weighted by atomic mass is 19.3. The highest BCUT2D eigenvalue weighted by Gasteiger charge is 2.47. The number of hydrogen-bond acceptors (Lipinski definition) is 2. The van der Waals surface area contributed by atoms with E-state index in [9.17, 15) is 18.4 Å². The molecule has 2 N–H and O–H groups in total. The first-order valence-corrected chi connectivity index (χ1v) is 6.29. The number of amides is 2. The second-order valence-electron chi connectivity index (χ2n) is 5.24. The standard InChI is InChI=1S/C14H16F2N2O2/c1-13(9-6-4-3-5-7-9)10(8-11(19)18-13)17-12(20)14(2,15)16/h3-7,10H,8H2,1-2H3,(H,17,20)(H,18,19)/t10?,13-/m1/s1. The summed E-state index contributed by atoms with van der Waals surface area (Å²) in [5, 5.41) is 5.02. The third-order valence-corrected chi connectivity index (χ3v) is 3.56. The second-order valence-corrected chi connectivity index (χ2v) is 5.24. The lowest BCUT2D eigenvalue weighted by Gasteiger charge is -2.32. The molecule has 0 aromatic heterocycles. The van der Waals surface area contributed by atoms with Crippen molar-refractivity contribution in [1.29, 1.82) is 0 Å². The van der Waals surface area contributed by atoms with Crippen molar-refractivity contribution in [3.63, 3.8) is 0 Å². The van der Waals surface area contributed by atoms with Gasteiger partial charge in [-0.2, -0.15) is 8.78 Å². The van der Waals surface area contributed by atoms with Crippen LogP contribution in [0.25, 0.3) is 0 Å². The van der Waals surface area contributed by atoms with Crippen LogP contribution in [0.15, 0.2) is 30.3 Å². The van der Waals surface area contributed by atoms with Crippen LogP contribution in [0.3, 0.4) is 0 Å². The summed E-state index contributed by atoms with van der Waals surface area (Å²) in [6.45, 7) is 2.25. The molecule has 0 spiro atoms. The molecule has 4 nitrogen and oxygen atoms in total. The fourth-order valence-corrected chi connectivity index (χ4v) is 2.36. The predicted molar refractivity (Wildman–Crippen MR) is 69.1 cm³/mol. The Hall–Kier alpha value is -1.98. The van der Waals surface area contributed by atoms with Gasteiger partial charge in [-0.3, -0.25) is 9.59 Å².